The van der Waals surface area contributed by atoms with Gasteiger partial charge >= 0.3 is 0 Å². The molecule has 0 aromatic carbocycles. The molecule has 0 amide bonds. The molecule has 7 unspecified atom stereocenters. The van der Waals surface area contributed by atoms with E-state index in [9.17, 15) is 0 Å². The lowest BCUT2D eigenvalue weighted by Crippen LogP contribution is -2.34. The summed E-state index contributed by atoms with van der Waals surface area (Å²) in [4.78, 5) is 0. The van der Waals surface area contributed by atoms with Crippen LogP contribution < -0.4 is 0 Å². The summed E-state index contributed by atoms with van der Waals surface area (Å²) >= 11 is 0. The maximum absolute atomic E-state index is 2.46. The van der Waals surface area contributed by atoms with Crippen molar-refractivity contribution in [2.24, 2.45) is 70.0 Å². The molecule has 0 heteroatoms. The molecular formula is C52H110. The predicted octanol–water partition coefficient (Wildman–Crippen LogP) is 19.3. The zero-order valence-electron chi connectivity index (χ0n) is 38.3. The van der Waals surface area contributed by atoms with Gasteiger partial charge in [-0.15, -0.1) is 0 Å². The van der Waals surface area contributed by atoms with E-state index in [0.717, 1.165) is 59.2 Å². The van der Waals surface area contributed by atoms with Gasteiger partial charge in [-0.3, -0.25) is 0 Å². The SMILES string of the molecule is C.C.CC1CCC(C)C(C)C1.CC1CCC(C)CC1.CC1CCCC(C)C1.CCC.CCC1(C)CC(C)CC(C)(C)C1.CCC1CCC(CC)CC1. The van der Waals surface area contributed by atoms with Crippen LogP contribution in [0.25, 0.3) is 0 Å². The molecule has 0 bridgehead atoms. The average molecular weight is 735 g/mol. The Bertz CT molecular complexity index is 718. The second-order valence-corrected chi connectivity index (χ2v) is 21.0. The Morgan fingerprint density at radius 1 is 0.423 bits per heavy atom. The molecule has 5 rings (SSSR count). The van der Waals surface area contributed by atoms with Crippen LogP contribution in [0, 0.1) is 70.0 Å². The monoisotopic (exact) mass is 735 g/mol. The summed E-state index contributed by atoms with van der Waals surface area (Å²) in [5, 5.41) is 0. The van der Waals surface area contributed by atoms with Gasteiger partial charge in [0.25, 0.3) is 0 Å². The Labute approximate surface area is 335 Å². The average Bonchev–Trinajstić information content (AvgIpc) is 3.05. The molecule has 0 aromatic heterocycles. The first-order valence-electron chi connectivity index (χ1n) is 23.4. The minimum atomic E-state index is 0. The van der Waals surface area contributed by atoms with E-state index in [0.29, 0.717) is 10.8 Å². The molecule has 0 aliphatic heterocycles. The van der Waals surface area contributed by atoms with Crippen LogP contribution in [0.5, 0.6) is 0 Å². The molecule has 5 saturated carbocycles. The number of rotatable bonds is 3. The zero-order valence-corrected chi connectivity index (χ0v) is 38.3. The van der Waals surface area contributed by atoms with E-state index in [1.54, 1.807) is 0 Å². The van der Waals surface area contributed by atoms with E-state index >= 15 is 0 Å². The first-order chi connectivity index (χ1) is 23.4. The van der Waals surface area contributed by atoms with Gasteiger partial charge in [-0.2, -0.15) is 0 Å². The molecule has 52 heavy (non-hydrogen) atoms. The minimum Gasteiger partial charge on any atom is -0.0776 e. The van der Waals surface area contributed by atoms with Crippen LogP contribution in [0.1, 0.15) is 267 Å². The van der Waals surface area contributed by atoms with Gasteiger partial charge in [-0.05, 0) is 102 Å². The smallest absolute Gasteiger partial charge is 0.0321 e. The van der Waals surface area contributed by atoms with Crippen molar-refractivity contribution in [3.8, 4) is 0 Å². The molecule has 0 aromatic rings. The zero-order chi connectivity index (χ0) is 38.3. The van der Waals surface area contributed by atoms with Crippen molar-refractivity contribution in [3.05, 3.63) is 0 Å². The highest BCUT2D eigenvalue weighted by Gasteiger charge is 2.38. The molecule has 0 nitrogen and oxygen atoms in total. The van der Waals surface area contributed by atoms with Gasteiger partial charge in [0, 0.05) is 0 Å². The van der Waals surface area contributed by atoms with Gasteiger partial charge < -0.3 is 0 Å². The number of hydrogen-bond acceptors (Lipinski definition) is 0. The summed E-state index contributed by atoms with van der Waals surface area (Å²) in [6, 6.07) is 0. The van der Waals surface area contributed by atoms with E-state index in [-0.39, 0.29) is 14.9 Å². The fourth-order valence-electron chi connectivity index (χ4n) is 10.5. The molecule has 7 atom stereocenters. The lowest BCUT2D eigenvalue weighted by molar-refractivity contribution is 0.0582. The highest BCUT2D eigenvalue weighted by atomic mass is 14.4. The Kier molecular flexibility index (Phi) is 33.7. The lowest BCUT2D eigenvalue weighted by Gasteiger charge is -2.45. The normalized spacial score (nSPS) is 36.5. The summed E-state index contributed by atoms with van der Waals surface area (Å²) in [5.74, 6) is 10.1. The maximum Gasteiger partial charge on any atom is -0.0321 e. The first-order valence-corrected chi connectivity index (χ1v) is 23.4. The van der Waals surface area contributed by atoms with Crippen LogP contribution in [0.15, 0.2) is 0 Å². The Morgan fingerprint density at radius 2 is 0.808 bits per heavy atom. The van der Waals surface area contributed by atoms with E-state index in [4.69, 9.17) is 0 Å². The molecule has 5 aliphatic carbocycles. The van der Waals surface area contributed by atoms with Crippen LogP contribution in [0.2, 0.25) is 0 Å². The van der Waals surface area contributed by atoms with Gasteiger partial charge in [0.2, 0.25) is 0 Å². The summed E-state index contributed by atoms with van der Waals surface area (Å²) in [7, 11) is 0. The fraction of sp³-hybridized carbons (Fsp3) is 1.00. The standard InChI is InChI=1S/C12H24.C10H20.C9H18.2C8H16.C3H8.2CH4/c1-6-12(5)8-10(2)7-11(3,4)9-12;1-3-9-5-7-10(4-2)8-6-9;1-7-4-5-8(2)9(3)6-7;1-7-3-5-8(2)6-4-7;1-7-4-3-5-8(2)6-7;1-3-2;;/h10H,6-9H2,1-5H3;9-10H,3-8H2,1-2H3;7-9H,4-6H2,1-3H3;2*7-8H,3-6H2,1-2H3;3H2,1-2H3;2*1H4. The quantitative estimate of drug-likeness (QED) is 0.271. The molecule has 5 fully saturated rings. The fourth-order valence-corrected chi connectivity index (χ4v) is 10.5. The largest absolute Gasteiger partial charge is 0.0776 e. The third kappa shape index (κ3) is 27.6. The van der Waals surface area contributed by atoms with E-state index in [2.05, 4.69) is 111 Å². The van der Waals surface area contributed by atoms with Crippen LogP contribution in [0.3, 0.4) is 0 Å². The van der Waals surface area contributed by atoms with Gasteiger partial charge in [0.05, 0.1) is 0 Å². The maximum atomic E-state index is 2.46. The second-order valence-electron chi connectivity index (χ2n) is 21.0. The first kappa shape index (κ1) is 56.3. The molecular weight excluding hydrogens is 625 g/mol. The topological polar surface area (TPSA) is 0 Å². The summed E-state index contributed by atoms with van der Waals surface area (Å²) in [6.07, 6.45) is 31.9. The Balaban J connectivity index is -0.000000564. The molecule has 5 aliphatic rings. The summed E-state index contributed by atoms with van der Waals surface area (Å²) in [6.45, 7) is 37.6. The molecule has 0 saturated heterocycles. The number of hydrogen-bond donors (Lipinski definition) is 0. The molecule has 0 spiro atoms. The van der Waals surface area contributed by atoms with Crippen molar-refractivity contribution in [1.29, 1.82) is 0 Å². The van der Waals surface area contributed by atoms with Crippen molar-refractivity contribution in [2.45, 2.75) is 267 Å². The second kappa shape index (κ2) is 31.1. The van der Waals surface area contributed by atoms with Gasteiger partial charge in [-0.1, -0.05) is 235 Å². The minimum absolute atomic E-state index is 0. The molecule has 318 valence electrons. The third-order valence-corrected chi connectivity index (χ3v) is 14.0. The van der Waals surface area contributed by atoms with E-state index in [1.165, 1.54) is 141 Å². The van der Waals surface area contributed by atoms with Crippen LogP contribution in [-0.2, 0) is 0 Å². The highest BCUT2D eigenvalue weighted by Crippen LogP contribution is 2.50. The predicted molar refractivity (Wildman–Crippen MR) is 246 cm³/mol. The lowest BCUT2D eigenvalue weighted by atomic mass is 9.60. The van der Waals surface area contributed by atoms with Gasteiger partial charge in [0.1, 0.15) is 0 Å². The van der Waals surface area contributed by atoms with E-state index in [1.807, 2.05) is 0 Å². The molecule has 0 N–H and O–H groups in total. The third-order valence-electron chi connectivity index (χ3n) is 14.0. The molecule has 0 heterocycles. The summed E-state index contributed by atoms with van der Waals surface area (Å²) < 4.78 is 0. The van der Waals surface area contributed by atoms with Gasteiger partial charge in [0.15, 0.2) is 0 Å². The Hall–Kier alpha value is 0. The highest BCUT2D eigenvalue weighted by molar-refractivity contribution is 4.89. The van der Waals surface area contributed by atoms with Crippen molar-refractivity contribution < 1.29 is 0 Å². The van der Waals surface area contributed by atoms with Crippen molar-refractivity contribution in [3.63, 3.8) is 0 Å². The van der Waals surface area contributed by atoms with Crippen LogP contribution in [-0.4, -0.2) is 0 Å². The van der Waals surface area contributed by atoms with Crippen molar-refractivity contribution >= 4 is 0 Å². The van der Waals surface area contributed by atoms with Crippen LogP contribution >= 0.6 is 0 Å². The van der Waals surface area contributed by atoms with E-state index < -0.39 is 0 Å². The van der Waals surface area contributed by atoms with Gasteiger partial charge in [-0.25, -0.2) is 0 Å². The van der Waals surface area contributed by atoms with Crippen LogP contribution in [0.4, 0.5) is 0 Å². The Morgan fingerprint density at radius 3 is 1.10 bits per heavy atom. The van der Waals surface area contributed by atoms with Crippen molar-refractivity contribution in [2.75, 3.05) is 0 Å². The van der Waals surface area contributed by atoms with Crippen molar-refractivity contribution in [1.82, 2.24) is 0 Å². The molecule has 0 radical (unpaired) electrons. The summed E-state index contributed by atoms with van der Waals surface area (Å²) in [5.41, 5.74) is 1.21.